The number of hydroxylamine groups is 1. The van der Waals surface area contributed by atoms with Crippen LogP contribution in [0.4, 0.5) is 14.5 Å². The highest BCUT2D eigenvalue weighted by Crippen LogP contribution is 2.39. The quantitative estimate of drug-likeness (QED) is 0.214. The molecule has 222 valence electrons. The number of nitrogens with zero attached hydrogens (tertiary/aromatic N) is 5. The van der Waals surface area contributed by atoms with Crippen molar-refractivity contribution in [1.82, 2.24) is 19.7 Å². The van der Waals surface area contributed by atoms with Crippen molar-refractivity contribution in [3.63, 3.8) is 0 Å². The van der Waals surface area contributed by atoms with Gasteiger partial charge in [-0.3, -0.25) is 14.2 Å². The molecule has 0 saturated carbocycles. The SMILES string of the molecule is Cc1noc(C)c1-c1ccc2c(c1)nc([C@@H]1CCCON1c1ccc(F)c(F)c1)n2-c1nc(-c2ccc(C(N)=O)cc2)cs1. The van der Waals surface area contributed by atoms with E-state index in [0.717, 1.165) is 57.7 Å². The van der Waals surface area contributed by atoms with Crippen molar-refractivity contribution in [2.45, 2.75) is 32.7 Å². The van der Waals surface area contributed by atoms with Gasteiger partial charge in [0, 0.05) is 28.1 Å². The number of rotatable bonds is 6. The first-order chi connectivity index (χ1) is 21.3. The van der Waals surface area contributed by atoms with Crippen LogP contribution in [0.25, 0.3) is 38.5 Å². The molecule has 1 saturated heterocycles. The Morgan fingerprint density at radius 2 is 1.80 bits per heavy atom. The van der Waals surface area contributed by atoms with Crippen LogP contribution in [0.5, 0.6) is 0 Å². The number of aryl methyl sites for hydroxylation is 2. The molecule has 0 radical (unpaired) electrons. The third-order valence-electron chi connectivity index (χ3n) is 7.74. The van der Waals surface area contributed by atoms with Crippen LogP contribution in [0.15, 0.2) is 70.6 Å². The summed E-state index contributed by atoms with van der Waals surface area (Å²) in [4.78, 5) is 27.7. The molecule has 2 N–H and O–H groups in total. The van der Waals surface area contributed by atoms with Crippen LogP contribution >= 0.6 is 11.3 Å². The van der Waals surface area contributed by atoms with Gasteiger partial charge in [-0.1, -0.05) is 23.4 Å². The number of anilines is 1. The monoisotopic (exact) mass is 612 g/mol. The fourth-order valence-electron chi connectivity index (χ4n) is 5.64. The lowest BCUT2D eigenvalue weighted by Crippen LogP contribution is -2.35. The molecular weight excluding hydrogens is 586 g/mol. The normalized spacial score (nSPS) is 15.3. The van der Waals surface area contributed by atoms with Gasteiger partial charge in [0.15, 0.2) is 16.8 Å². The number of amides is 1. The van der Waals surface area contributed by atoms with Gasteiger partial charge in [0.25, 0.3) is 0 Å². The molecule has 0 aliphatic carbocycles. The topological polar surface area (TPSA) is 112 Å². The second-order valence-electron chi connectivity index (χ2n) is 10.6. The Kier molecular flexibility index (Phi) is 6.94. The molecule has 9 nitrogen and oxygen atoms in total. The molecule has 44 heavy (non-hydrogen) atoms. The summed E-state index contributed by atoms with van der Waals surface area (Å²) in [7, 11) is 0. The molecule has 1 fully saturated rings. The first-order valence-electron chi connectivity index (χ1n) is 14.0. The standard InChI is InChI=1S/C32H26F2N6O3S/c1-17-29(18(2)43-38-17)21-9-12-27-25(14-21)36-31(28-4-3-13-42-40(28)22-10-11-23(33)24(34)15-22)39(27)32-37-26(16-44-32)19-5-7-20(8-6-19)30(35)41/h5-12,14-16,28H,3-4,13H2,1-2H3,(H2,35,41)/t28-/m0/s1. The molecule has 6 aromatic rings. The minimum atomic E-state index is -0.958. The van der Waals surface area contributed by atoms with Crippen molar-refractivity contribution in [2.24, 2.45) is 5.73 Å². The number of fused-ring (bicyclic) bond motifs is 1. The molecule has 0 spiro atoms. The number of benzene rings is 3. The maximum atomic E-state index is 14.3. The third-order valence-corrected chi connectivity index (χ3v) is 8.57. The zero-order valence-corrected chi connectivity index (χ0v) is 24.6. The van der Waals surface area contributed by atoms with E-state index in [1.54, 1.807) is 17.2 Å². The third kappa shape index (κ3) is 4.81. The average Bonchev–Trinajstić information content (AvgIpc) is 3.75. The lowest BCUT2D eigenvalue weighted by atomic mass is 10.0. The van der Waals surface area contributed by atoms with Crippen molar-refractivity contribution in [1.29, 1.82) is 0 Å². The summed E-state index contributed by atoms with van der Waals surface area (Å²) in [5.41, 5.74) is 11.9. The van der Waals surface area contributed by atoms with Gasteiger partial charge in [0.1, 0.15) is 17.6 Å². The van der Waals surface area contributed by atoms with Crippen LogP contribution in [0.2, 0.25) is 0 Å². The van der Waals surface area contributed by atoms with Gasteiger partial charge in [-0.2, -0.15) is 0 Å². The van der Waals surface area contributed by atoms with Crippen LogP contribution in [-0.4, -0.2) is 32.2 Å². The van der Waals surface area contributed by atoms with Crippen LogP contribution in [0, 0.1) is 25.5 Å². The number of hydrogen-bond acceptors (Lipinski definition) is 8. The molecule has 0 bridgehead atoms. The van der Waals surface area contributed by atoms with Crippen LogP contribution in [0.3, 0.4) is 0 Å². The van der Waals surface area contributed by atoms with E-state index in [9.17, 15) is 13.6 Å². The number of carbonyl (C=O) groups is 1. The molecule has 12 heteroatoms. The summed E-state index contributed by atoms with van der Waals surface area (Å²) in [5.74, 6) is -1.04. The van der Waals surface area contributed by atoms with Gasteiger partial charge in [-0.05, 0) is 68.7 Å². The highest BCUT2D eigenvalue weighted by molar-refractivity contribution is 7.12. The summed E-state index contributed by atoms with van der Waals surface area (Å²) in [6, 6.07) is 16.2. The highest BCUT2D eigenvalue weighted by Gasteiger charge is 2.32. The minimum Gasteiger partial charge on any atom is -0.366 e. The fourth-order valence-corrected chi connectivity index (χ4v) is 6.49. The van der Waals surface area contributed by atoms with E-state index in [0.29, 0.717) is 41.0 Å². The molecule has 3 aromatic heterocycles. The molecule has 1 aliphatic heterocycles. The number of halogens is 2. The van der Waals surface area contributed by atoms with Crippen molar-refractivity contribution in [2.75, 3.05) is 11.7 Å². The van der Waals surface area contributed by atoms with E-state index >= 15 is 0 Å². The zero-order valence-electron chi connectivity index (χ0n) is 23.8. The van der Waals surface area contributed by atoms with Crippen LogP contribution < -0.4 is 10.8 Å². The van der Waals surface area contributed by atoms with Gasteiger partial charge in [0.05, 0.1) is 34.7 Å². The number of nitrogens with two attached hydrogens (primary N) is 1. The van der Waals surface area contributed by atoms with Gasteiger partial charge in [-0.15, -0.1) is 11.3 Å². The Bertz CT molecular complexity index is 2010. The highest BCUT2D eigenvalue weighted by atomic mass is 32.1. The molecule has 3 aromatic carbocycles. The van der Waals surface area contributed by atoms with Crippen molar-refractivity contribution < 1.29 is 22.9 Å². The predicted molar refractivity (Wildman–Crippen MR) is 162 cm³/mol. The number of aromatic nitrogens is 4. The predicted octanol–water partition coefficient (Wildman–Crippen LogP) is 7.07. The van der Waals surface area contributed by atoms with Gasteiger partial charge >= 0.3 is 0 Å². The minimum absolute atomic E-state index is 0.387. The Morgan fingerprint density at radius 1 is 1.00 bits per heavy atom. The fraction of sp³-hybridized carbons (Fsp3) is 0.188. The number of thiazole rings is 1. The molecule has 0 unspecified atom stereocenters. The second kappa shape index (κ2) is 11.0. The summed E-state index contributed by atoms with van der Waals surface area (Å²) in [6.45, 7) is 4.19. The Balaban J connectivity index is 1.38. The summed E-state index contributed by atoms with van der Waals surface area (Å²) < 4.78 is 35.6. The van der Waals surface area contributed by atoms with Gasteiger partial charge in [-0.25, -0.2) is 23.8 Å². The van der Waals surface area contributed by atoms with Gasteiger partial charge < -0.3 is 10.3 Å². The summed E-state index contributed by atoms with van der Waals surface area (Å²) in [5, 5.41) is 8.31. The number of carbonyl (C=O) groups excluding carboxylic acids is 1. The molecule has 1 amide bonds. The number of imidazole rings is 1. The van der Waals surface area contributed by atoms with Crippen LogP contribution in [-0.2, 0) is 4.84 Å². The second-order valence-corrected chi connectivity index (χ2v) is 11.4. The summed E-state index contributed by atoms with van der Waals surface area (Å²) in [6.07, 6.45) is 1.40. The maximum Gasteiger partial charge on any atom is 0.248 e. The smallest absolute Gasteiger partial charge is 0.248 e. The number of primary amides is 1. The maximum absolute atomic E-state index is 14.3. The Morgan fingerprint density at radius 3 is 2.52 bits per heavy atom. The van der Waals surface area contributed by atoms with E-state index in [4.69, 9.17) is 25.1 Å². The lowest BCUT2D eigenvalue weighted by molar-refractivity contribution is 0.0454. The molecule has 1 atom stereocenters. The van der Waals surface area contributed by atoms with Gasteiger partial charge in [0.2, 0.25) is 5.91 Å². The zero-order chi connectivity index (χ0) is 30.5. The van der Waals surface area contributed by atoms with E-state index in [-0.39, 0.29) is 0 Å². The first-order valence-corrected chi connectivity index (χ1v) is 14.9. The van der Waals surface area contributed by atoms with Crippen LogP contribution in [0.1, 0.15) is 46.5 Å². The number of hydrogen-bond donors (Lipinski definition) is 1. The lowest BCUT2D eigenvalue weighted by Gasteiger charge is -2.35. The Labute approximate surface area is 254 Å². The summed E-state index contributed by atoms with van der Waals surface area (Å²) >= 11 is 1.44. The average molecular weight is 613 g/mol. The largest absolute Gasteiger partial charge is 0.366 e. The van der Waals surface area contributed by atoms with E-state index in [2.05, 4.69) is 5.16 Å². The van der Waals surface area contributed by atoms with E-state index in [1.807, 2.05) is 54.1 Å². The van der Waals surface area contributed by atoms with E-state index < -0.39 is 23.6 Å². The Hall–Kier alpha value is -4.94. The molecule has 4 heterocycles. The molecule has 1 aliphatic rings. The first kappa shape index (κ1) is 27.9. The molecular formula is C32H26F2N6O3S. The van der Waals surface area contributed by atoms with E-state index in [1.165, 1.54) is 17.4 Å². The van der Waals surface area contributed by atoms with Crippen molar-refractivity contribution in [3.8, 4) is 27.5 Å². The molecule has 7 rings (SSSR count). The van der Waals surface area contributed by atoms with Crippen molar-refractivity contribution in [3.05, 3.63) is 101 Å². The van der Waals surface area contributed by atoms with Crippen molar-refractivity contribution >= 4 is 34.0 Å².